The maximum atomic E-state index is 12.2. The van der Waals surface area contributed by atoms with Crippen LogP contribution < -0.4 is 5.56 Å². The highest BCUT2D eigenvalue weighted by molar-refractivity contribution is 9.10. The molecule has 0 unspecified atom stereocenters. The fourth-order valence-electron chi connectivity index (χ4n) is 2.51. The molecular formula is C18H12BrN3OS. The first-order valence-electron chi connectivity index (χ1n) is 7.38. The Morgan fingerprint density at radius 2 is 1.79 bits per heavy atom. The van der Waals surface area contributed by atoms with E-state index in [1.807, 2.05) is 60.0 Å². The number of halogens is 1. The number of hydrogen-bond donors (Lipinski definition) is 0. The van der Waals surface area contributed by atoms with Gasteiger partial charge in [-0.05, 0) is 17.7 Å². The minimum atomic E-state index is -0.261. The quantitative estimate of drug-likeness (QED) is 0.521. The van der Waals surface area contributed by atoms with Gasteiger partial charge >= 0.3 is 0 Å². The van der Waals surface area contributed by atoms with E-state index < -0.39 is 0 Å². The van der Waals surface area contributed by atoms with Crippen molar-refractivity contribution in [1.29, 1.82) is 0 Å². The largest absolute Gasteiger partial charge is 0.296 e. The Balaban J connectivity index is 1.82. The highest BCUT2D eigenvalue weighted by atomic mass is 79.9. The zero-order valence-electron chi connectivity index (χ0n) is 12.5. The summed E-state index contributed by atoms with van der Waals surface area (Å²) in [7, 11) is 0. The van der Waals surface area contributed by atoms with Crippen molar-refractivity contribution in [2.75, 3.05) is 0 Å². The molecule has 0 spiro atoms. The van der Waals surface area contributed by atoms with Gasteiger partial charge < -0.3 is 0 Å². The summed E-state index contributed by atoms with van der Waals surface area (Å²) in [6.45, 7) is 0. The molecule has 118 valence electrons. The second-order valence-corrected chi connectivity index (χ2v) is 7.10. The molecule has 4 rings (SSSR count). The lowest BCUT2D eigenvalue weighted by Gasteiger charge is -2.04. The molecule has 6 heteroatoms. The van der Waals surface area contributed by atoms with E-state index in [1.165, 1.54) is 11.3 Å². The Morgan fingerprint density at radius 3 is 2.54 bits per heavy atom. The number of benzene rings is 2. The van der Waals surface area contributed by atoms with Gasteiger partial charge in [0, 0.05) is 21.8 Å². The number of thiazole rings is 1. The van der Waals surface area contributed by atoms with Crippen LogP contribution >= 0.6 is 27.3 Å². The van der Waals surface area contributed by atoms with Crippen LogP contribution in [-0.4, -0.2) is 14.6 Å². The minimum absolute atomic E-state index is 0.261. The molecule has 0 radical (unpaired) electrons. The number of hydrogen-bond acceptors (Lipinski definition) is 4. The van der Waals surface area contributed by atoms with Crippen LogP contribution in [-0.2, 0) is 6.42 Å². The van der Waals surface area contributed by atoms with Crippen molar-refractivity contribution in [1.82, 2.24) is 14.6 Å². The predicted octanol–water partition coefficient (Wildman–Crippen LogP) is 4.17. The van der Waals surface area contributed by atoms with Gasteiger partial charge in [0.1, 0.15) is 5.69 Å². The topological polar surface area (TPSA) is 47.3 Å². The summed E-state index contributed by atoms with van der Waals surface area (Å²) in [5.41, 5.74) is 3.21. The Kier molecular flexibility index (Phi) is 4.00. The molecule has 0 aliphatic carbocycles. The Hall–Kier alpha value is -2.31. The van der Waals surface area contributed by atoms with Gasteiger partial charge in [-0.2, -0.15) is 10.1 Å². The third-order valence-corrected chi connectivity index (χ3v) is 5.05. The number of rotatable bonds is 3. The van der Waals surface area contributed by atoms with Crippen LogP contribution in [0.3, 0.4) is 0 Å². The summed E-state index contributed by atoms with van der Waals surface area (Å²) in [6.07, 6.45) is 0.477. The molecule has 0 aliphatic heterocycles. The summed E-state index contributed by atoms with van der Waals surface area (Å²) in [5, 5.41) is 6.55. The zero-order chi connectivity index (χ0) is 16.5. The lowest BCUT2D eigenvalue weighted by Crippen LogP contribution is -2.18. The molecule has 0 aliphatic rings. The second kappa shape index (κ2) is 6.30. The van der Waals surface area contributed by atoms with Crippen molar-refractivity contribution in [2.45, 2.75) is 6.42 Å². The third-order valence-electron chi connectivity index (χ3n) is 3.70. The van der Waals surface area contributed by atoms with Crippen LogP contribution in [0.25, 0.3) is 16.2 Å². The number of nitrogens with zero attached hydrogens (tertiary/aromatic N) is 3. The van der Waals surface area contributed by atoms with Crippen LogP contribution in [0, 0.1) is 0 Å². The van der Waals surface area contributed by atoms with E-state index in [-0.39, 0.29) is 5.56 Å². The molecule has 2 heterocycles. The third kappa shape index (κ3) is 2.90. The molecule has 4 aromatic rings. The van der Waals surface area contributed by atoms with E-state index in [9.17, 15) is 4.79 Å². The molecule has 0 fully saturated rings. The lowest BCUT2D eigenvalue weighted by atomic mass is 10.1. The van der Waals surface area contributed by atoms with Crippen LogP contribution in [0.4, 0.5) is 0 Å². The van der Waals surface area contributed by atoms with Crippen LogP contribution in [0.2, 0.25) is 0 Å². The minimum Gasteiger partial charge on any atom is -0.265 e. The average molecular weight is 398 g/mol. The molecule has 0 bridgehead atoms. The molecule has 0 amide bonds. The molecule has 24 heavy (non-hydrogen) atoms. The van der Waals surface area contributed by atoms with E-state index in [0.717, 1.165) is 21.3 Å². The molecule has 0 atom stereocenters. The normalized spacial score (nSPS) is 11.0. The van der Waals surface area contributed by atoms with Crippen LogP contribution in [0.1, 0.15) is 11.3 Å². The van der Waals surface area contributed by atoms with E-state index in [4.69, 9.17) is 0 Å². The lowest BCUT2D eigenvalue weighted by molar-refractivity contribution is 0.840. The number of fused-ring (bicyclic) bond motifs is 1. The van der Waals surface area contributed by atoms with Crippen molar-refractivity contribution in [3.8, 4) is 11.3 Å². The van der Waals surface area contributed by atoms with Crippen LogP contribution in [0.15, 0.2) is 69.2 Å². The molecular weight excluding hydrogens is 386 g/mol. The summed E-state index contributed by atoms with van der Waals surface area (Å²) in [5.74, 6) is 0. The fraction of sp³-hybridized carbons (Fsp3) is 0.0556. The smallest absolute Gasteiger partial charge is 0.265 e. The highest BCUT2D eigenvalue weighted by Gasteiger charge is 2.12. The highest BCUT2D eigenvalue weighted by Crippen LogP contribution is 2.25. The Labute approximate surface area is 150 Å². The van der Waals surface area contributed by atoms with Crippen LogP contribution in [0.5, 0.6) is 0 Å². The molecule has 2 aromatic heterocycles. The van der Waals surface area contributed by atoms with Gasteiger partial charge in [-0.3, -0.25) is 4.79 Å². The summed E-state index contributed by atoms with van der Waals surface area (Å²) in [4.78, 5) is 17.0. The van der Waals surface area contributed by atoms with Crippen molar-refractivity contribution in [3.63, 3.8) is 0 Å². The number of aromatic nitrogens is 3. The summed E-state index contributed by atoms with van der Waals surface area (Å²) in [6, 6.07) is 17.8. The van der Waals surface area contributed by atoms with Gasteiger partial charge in [-0.25, -0.2) is 4.52 Å². The first-order chi connectivity index (χ1) is 11.7. The van der Waals surface area contributed by atoms with Gasteiger partial charge in [-0.1, -0.05) is 58.4 Å². The molecule has 0 saturated heterocycles. The summed E-state index contributed by atoms with van der Waals surface area (Å²) < 4.78 is 2.78. The van der Waals surface area contributed by atoms with Crippen molar-refractivity contribution in [3.05, 3.63) is 86.1 Å². The van der Waals surface area contributed by atoms with E-state index in [1.54, 1.807) is 4.52 Å². The van der Waals surface area contributed by atoms with Gasteiger partial charge in [0.05, 0.1) is 5.69 Å². The second-order valence-electron chi connectivity index (χ2n) is 5.35. The maximum Gasteiger partial charge on any atom is 0.296 e. The molecule has 2 aromatic carbocycles. The van der Waals surface area contributed by atoms with Gasteiger partial charge in [0.2, 0.25) is 4.96 Å². The monoisotopic (exact) mass is 397 g/mol. The predicted molar refractivity (Wildman–Crippen MR) is 99.5 cm³/mol. The SMILES string of the molecule is O=c1nc2scc(-c3ccc(Br)cc3)n2nc1Cc1ccccc1. The summed E-state index contributed by atoms with van der Waals surface area (Å²) >= 11 is 4.86. The molecule has 0 saturated carbocycles. The van der Waals surface area contributed by atoms with Crippen molar-refractivity contribution < 1.29 is 0 Å². The molecule has 0 N–H and O–H groups in total. The standard InChI is InChI=1S/C18H12BrN3OS/c19-14-8-6-13(7-9-14)16-11-24-18-20-17(23)15(21-22(16)18)10-12-4-2-1-3-5-12/h1-9,11H,10H2. The van der Waals surface area contributed by atoms with E-state index in [2.05, 4.69) is 26.0 Å². The Bertz CT molecular complexity index is 1060. The van der Waals surface area contributed by atoms with Gasteiger partial charge in [0.25, 0.3) is 5.56 Å². The molecule has 4 nitrogen and oxygen atoms in total. The fourth-order valence-corrected chi connectivity index (χ4v) is 3.60. The van der Waals surface area contributed by atoms with E-state index in [0.29, 0.717) is 17.1 Å². The zero-order valence-corrected chi connectivity index (χ0v) is 14.9. The Morgan fingerprint density at radius 1 is 1.04 bits per heavy atom. The first kappa shape index (κ1) is 15.2. The van der Waals surface area contributed by atoms with Gasteiger partial charge in [-0.15, -0.1) is 11.3 Å². The first-order valence-corrected chi connectivity index (χ1v) is 9.05. The van der Waals surface area contributed by atoms with E-state index >= 15 is 0 Å². The average Bonchev–Trinajstić information content (AvgIpc) is 2.99. The van der Waals surface area contributed by atoms with Crippen molar-refractivity contribution in [2.24, 2.45) is 0 Å². The van der Waals surface area contributed by atoms with Crippen molar-refractivity contribution >= 4 is 32.2 Å². The van der Waals surface area contributed by atoms with Gasteiger partial charge in [0.15, 0.2) is 0 Å². The maximum absolute atomic E-state index is 12.2.